The number of pyridine rings is 1. The highest BCUT2D eigenvalue weighted by molar-refractivity contribution is 5.58. The molecule has 0 atom stereocenters. The zero-order valence-corrected chi connectivity index (χ0v) is 11.5. The zero-order valence-electron chi connectivity index (χ0n) is 11.5. The Morgan fingerprint density at radius 1 is 1.33 bits per heavy atom. The van der Waals surface area contributed by atoms with Crippen molar-refractivity contribution in [2.45, 2.75) is 13.5 Å². The van der Waals surface area contributed by atoms with E-state index >= 15 is 0 Å². The summed E-state index contributed by atoms with van der Waals surface area (Å²) in [5.74, 6) is 0. The van der Waals surface area contributed by atoms with Gasteiger partial charge in [0.1, 0.15) is 0 Å². The maximum Gasteiger partial charge on any atom is 0.274 e. The molecule has 0 bridgehead atoms. The molecule has 0 saturated carbocycles. The largest absolute Gasteiger partial charge is 0.381 e. The van der Waals surface area contributed by atoms with Crippen LogP contribution in [0.3, 0.4) is 0 Å². The molecule has 0 aliphatic rings. The number of nitro groups is 1. The first-order valence-corrected chi connectivity index (χ1v) is 6.55. The number of nitrogens with zero attached hydrogens (tertiary/aromatic N) is 3. The zero-order chi connectivity index (χ0) is 14.8. The number of benzene rings is 1. The van der Waals surface area contributed by atoms with Gasteiger partial charge in [-0.2, -0.15) is 5.10 Å². The van der Waals surface area contributed by atoms with Gasteiger partial charge in [0.25, 0.3) is 5.69 Å². The lowest BCUT2D eigenvalue weighted by molar-refractivity contribution is -0.385. The fourth-order valence-electron chi connectivity index (χ4n) is 2.24. The molecular formula is C15H14N4O2. The maximum atomic E-state index is 10.9. The van der Waals surface area contributed by atoms with E-state index in [9.17, 15) is 10.1 Å². The number of nitrogens with one attached hydrogen (secondary N) is 1. The topological polar surface area (TPSA) is 72.5 Å². The molecule has 21 heavy (non-hydrogen) atoms. The van der Waals surface area contributed by atoms with E-state index in [4.69, 9.17) is 0 Å². The number of hydrogen-bond donors (Lipinski definition) is 1. The number of aryl methyl sites for hydroxylation is 1. The summed E-state index contributed by atoms with van der Waals surface area (Å²) < 4.78 is 1.80. The minimum Gasteiger partial charge on any atom is -0.381 e. The third kappa shape index (κ3) is 2.55. The Balaban J connectivity index is 1.82. The Hall–Kier alpha value is -2.89. The van der Waals surface area contributed by atoms with Crippen molar-refractivity contribution in [3.05, 3.63) is 70.0 Å². The van der Waals surface area contributed by atoms with Gasteiger partial charge in [-0.15, -0.1) is 0 Å². The average Bonchev–Trinajstić information content (AvgIpc) is 2.89. The van der Waals surface area contributed by atoms with Crippen LogP contribution in [0, 0.1) is 17.0 Å². The van der Waals surface area contributed by atoms with Gasteiger partial charge in [-0.25, -0.2) is 4.52 Å². The Labute approximate surface area is 121 Å². The van der Waals surface area contributed by atoms with Crippen LogP contribution in [0.4, 0.5) is 11.4 Å². The molecule has 1 N–H and O–H groups in total. The van der Waals surface area contributed by atoms with Crippen molar-refractivity contribution in [2.75, 3.05) is 5.32 Å². The van der Waals surface area contributed by atoms with Gasteiger partial charge in [0.15, 0.2) is 0 Å². The van der Waals surface area contributed by atoms with Crippen LogP contribution in [0.25, 0.3) is 5.52 Å². The number of nitro benzene ring substituents is 1. The highest BCUT2D eigenvalue weighted by atomic mass is 16.6. The van der Waals surface area contributed by atoms with Crippen LogP contribution in [0.2, 0.25) is 0 Å². The highest BCUT2D eigenvalue weighted by Gasteiger charge is 2.11. The van der Waals surface area contributed by atoms with Crippen LogP contribution in [0.15, 0.2) is 48.8 Å². The molecule has 3 aromatic rings. The number of rotatable bonds is 4. The molecule has 6 nitrogen and oxygen atoms in total. The number of aromatic nitrogens is 2. The first-order valence-electron chi connectivity index (χ1n) is 6.55. The van der Waals surface area contributed by atoms with E-state index in [1.165, 1.54) is 0 Å². The van der Waals surface area contributed by atoms with E-state index in [1.54, 1.807) is 29.8 Å². The fourth-order valence-corrected chi connectivity index (χ4v) is 2.24. The van der Waals surface area contributed by atoms with Crippen LogP contribution >= 0.6 is 0 Å². The second-order valence-corrected chi connectivity index (χ2v) is 4.81. The lowest BCUT2D eigenvalue weighted by Crippen LogP contribution is -2.00. The monoisotopic (exact) mass is 282 g/mol. The van der Waals surface area contributed by atoms with Crippen LogP contribution in [-0.4, -0.2) is 14.5 Å². The average molecular weight is 282 g/mol. The molecule has 0 aliphatic heterocycles. The van der Waals surface area contributed by atoms with Crippen molar-refractivity contribution < 1.29 is 4.92 Å². The van der Waals surface area contributed by atoms with Crippen LogP contribution in [0.5, 0.6) is 0 Å². The highest BCUT2D eigenvalue weighted by Crippen LogP contribution is 2.23. The van der Waals surface area contributed by atoms with Gasteiger partial charge in [0.2, 0.25) is 0 Å². The first-order chi connectivity index (χ1) is 10.1. The van der Waals surface area contributed by atoms with E-state index in [2.05, 4.69) is 10.4 Å². The number of anilines is 1. The summed E-state index contributed by atoms with van der Waals surface area (Å²) in [7, 11) is 0. The van der Waals surface area contributed by atoms with Gasteiger partial charge < -0.3 is 5.32 Å². The second kappa shape index (κ2) is 5.24. The van der Waals surface area contributed by atoms with Crippen LogP contribution < -0.4 is 5.32 Å². The SMILES string of the molecule is Cc1ccc(NCc2cnn3ccccc23)cc1[N+](=O)[O-]. The van der Waals surface area contributed by atoms with Crippen molar-refractivity contribution >= 4 is 16.9 Å². The molecule has 6 heteroatoms. The minimum absolute atomic E-state index is 0.125. The summed E-state index contributed by atoms with van der Waals surface area (Å²) in [6.07, 6.45) is 3.68. The van der Waals surface area contributed by atoms with Crippen molar-refractivity contribution in [3.63, 3.8) is 0 Å². The van der Waals surface area contributed by atoms with Gasteiger partial charge in [-0.05, 0) is 25.1 Å². The Morgan fingerprint density at radius 2 is 2.19 bits per heavy atom. The predicted molar refractivity (Wildman–Crippen MR) is 80.4 cm³/mol. The lowest BCUT2D eigenvalue weighted by atomic mass is 10.2. The molecule has 0 aliphatic carbocycles. The molecule has 0 saturated heterocycles. The Bertz CT molecular complexity index is 810. The Kier molecular flexibility index (Phi) is 3.27. The molecule has 0 radical (unpaired) electrons. The fraction of sp³-hybridized carbons (Fsp3) is 0.133. The van der Waals surface area contributed by atoms with Crippen LogP contribution in [0.1, 0.15) is 11.1 Å². The number of hydrogen-bond acceptors (Lipinski definition) is 4. The van der Waals surface area contributed by atoms with Gasteiger partial charge in [0.05, 0.1) is 16.6 Å². The standard InChI is InChI=1S/C15H14N4O2/c1-11-5-6-13(8-15(11)19(20)21)16-9-12-10-17-18-7-3-2-4-14(12)18/h2-8,10,16H,9H2,1H3. The first kappa shape index (κ1) is 13.1. The van der Waals surface area contributed by atoms with Gasteiger partial charge in [0, 0.05) is 35.6 Å². The van der Waals surface area contributed by atoms with Crippen molar-refractivity contribution in [3.8, 4) is 0 Å². The van der Waals surface area contributed by atoms with Gasteiger partial charge >= 0.3 is 0 Å². The quantitative estimate of drug-likeness (QED) is 0.589. The van der Waals surface area contributed by atoms with E-state index < -0.39 is 0 Å². The molecule has 2 heterocycles. The lowest BCUT2D eigenvalue weighted by Gasteiger charge is -2.06. The van der Waals surface area contributed by atoms with Crippen molar-refractivity contribution in [1.82, 2.24) is 9.61 Å². The summed E-state index contributed by atoms with van der Waals surface area (Å²) in [4.78, 5) is 10.6. The predicted octanol–water partition coefficient (Wildman–Crippen LogP) is 3.16. The molecule has 0 amide bonds. The molecule has 0 unspecified atom stereocenters. The minimum atomic E-state index is -0.365. The Morgan fingerprint density at radius 3 is 3.00 bits per heavy atom. The molecule has 0 fully saturated rings. The molecule has 3 rings (SSSR count). The van der Waals surface area contributed by atoms with Gasteiger partial charge in [-0.3, -0.25) is 10.1 Å². The van der Waals surface area contributed by atoms with E-state index in [0.29, 0.717) is 12.1 Å². The molecular weight excluding hydrogens is 268 g/mol. The molecule has 0 spiro atoms. The third-order valence-electron chi connectivity index (χ3n) is 3.40. The van der Waals surface area contributed by atoms with E-state index in [0.717, 1.165) is 16.8 Å². The summed E-state index contributed by atoms with van der Waals surface area (Å²) in [5.41, 5.74) is 3.56. The molecule has 1 aromatic carbocycles. The summed E-state index contributed by atoms with van der Waals surface area (Å²) >= 11 is 0. The summed E-state index contributed by atoms with van der Waals surface area (Å²) in [6, 6.07) is 11.0. The molecule has 2 aromatic heterocycles. The smallest absolute Gasteiger partial charge is 0.274 e. The normalized spacial score (nSPS) is 10.7. The summed E-state index contributed by atoms with van der Waals surface area (Å²) in [6.45, 7) is 2.29. The van der Waals surface area contributed by atoms with Crippen molar-refractivity contribution in [1.29, 1.82) is 0 Å². The maximum absolute atomic E-state index is 10.9. The second-order valence-electron chi connectivity index (χ2n) is 4.81. The third-order valence-corrected chi connectivity index (χ3v) is 3.40. The van der Waals surface area contributed by atoms with Crippen LogP contribution in [-0.2, 0) is 6.54 Å². The van der Waals surface area contributed by atoms with Crippen molar-refractivity contribution in [2.24, 2.45) is 0 Å². The molecule has 106 valence electrons. The summed E-state index contributed by atoms with van der Waals surface area (Å²) in [5, 5.41) is 18.4. The van der Waals surface area contributed by atoms with E-state index in [-0.39, 0.29) is 10.6 Å². The van der Waals surface area contributed by atoms with Gasteiger partial charge in [-0.1, -0.05) is 12.1 Å². The number of fused-ring (bicyclic) bond motifs is 1. The van der Waals surface area contributed by atoms with E-state index in [1.807, 2.05) is 30.5 Å².